The maximum Gasteiger partial charge on any atom is 0.247 e. The highest BCUT2D eigenvalue weighted by molar-refractivity contribution is 5.98. The Labute approximate surface area is 303 Å². The number of aliphatic imine (C=N–C) groups is 1. The van der Waals surface area contributed by atoms with Crippen LogP contribution in [0.25, 0.3) is 11.0 Å². The van der Waals surface area contributed by atoms with Crippen molar-refractivity contribution >= 4 is 34.4 Å². The fraction of sp³-hybridized carbons (Fsp3) is 0.268. The molecule has 52 heavy (non-hydrogen) atoms. The Kier molecular flexibility index (Phi) is 12.0. The Balaban J connectivity index is 1.05. The third-order valence-corrected chi connectivity index (χ3v) is 8.67. The van der Waals surface area contributed by atoms with Crippen LogP contribution in [0.5, 0.6) is 11.5 Å². The molecular weight excluding hydrogens is 656 g/mol. The number of fused-ring (bicyclic) bond motifs is 1. The van der Waals surface area contributed by atoms with E-state index in [1.807, 2.05) is 116 Å². The molecule has 1 aliphatic rings. The van der Waals surface area contributed by atoms with Crippen molar-refractivity contribution in [1.29, 1.82) is 5.26 Å². The molecule has 3 N–H and O–H groups in total. The van der Waals surface area contributed by atoms with Gasteiger partial charge in [-0.05, 0) is 85.7 Å². The molecule has 0 bridgehead atoms. The Morgan fingerprint density at radius 1 is 0.904 bits per heavy atom. The van der Waals surface area contributed by atoms with Crippen LogP contribution in [0.4, 0.5) is 5.69 Å². The SMILES string of the molecule is Cc1cc2cc(NC(=NC3CCCCN(CC(=O)NCCc4ccc(OCc5ccccc5)c(OCc5ccccc5)c4)C3=O)NC#N)ccc2o1. The molecule has 6 rings (SSSR count). The van der Waals surface area contributed by atoms with Gasteiger partial charge in [-0.1, -0.05) is 66.7 Å². The van der Waals surface area contributed by atoms with Crippen LogP contribution in [0.2, 0.25) is 0 Å². The summed E-state index contributed by atoms with van der Waals surface area (Å²) in [6.45, 7) is 3.44. The Hall–Kier alpha value is -6.28. The molecule has 1 saturated heterocycles. The van der Waals surface area contributed by atoms with Gasteiger partial charge in [-0.25, -0.2) is 4.99 Å². The van der Waals surface area contributed by atoms with Gasteiger partial charge in [0, 0.05) is 24.2 Å². The highest BCUT2D eigenvalue weighted by Crippen LogP contribution is 2.30. The summed E-state index contributed by atoms with van der Waals surface area (Å²) in [6.07, 6.45) is 4.48. The van der Waals surface area contributed by atoms with Gasteiger partial charge >= 0.3 is 0 Å². The minimum atomic E-state index is -0.740. The number of nitrogens with one attached hydrogen (secondary N) is 3. The average Bonchev–Trinajstić information content (AvgIpc) is 3.45. The van der Waals surface area contributed by atoms with E-state index in [-0.39, 0.29) is 24.3 Å². The molecule has 2 amide bonds. The first-order valence-electron chi connectivity index (χ1n) is 17.5. The van der Waals surface area contributed by atoms with Gasteiger partial charge in [-0.2, -0.15) is 5.26 Å². The van der Waals surface area contributed by atoms with Crippen molar-refractivity contribution in [3.8, 4) is 17.7 Å². The van der Waals surface area contributed by atoms with Crippen molar-refractivity contribution in [3.63, 3.8) is 0 Å². The van der Waals surface area contributed by atoms with Gasteiger partial charge < -0.3 is 29.4 Å². The van der Waals surface area contributed by atoms with Gasteiger partial charge in [-0.15, -0.1) is 0 Å². The normalized spacial score (nSPS) is 14.7. The number of ether oxygens (including phenoxy) is 2. The monoisotopic (exact) mass is 698 g/mol. The molecule has 5 aromatic rings. The number of carbonyl (C=O) groups excluding carboxylic acids is 2. The topological polar surface area (TPSA) is 141 Å². The minimum Gasteiger partial charge on any atom is -0.485 e. The van der Waals surface area contributed by atoms with E-state index in [1.54, 1.807) is 4.90 Å². The zero-order valence-electron chi connectivity index (χ0n) is 29.1. The second-order valence-corrected chi connectivity index (χ2v) is 12.7. The van der Waals surface area contributed by atoms with Crippen LogP contribution < -0.4 is 25.4 Å². The number of rotatable bonds is 13. The zero-order valence-corrected chi connectivity index (χ0v) is 29.1. The molecule has 1 aliphatic heterocycles. The van der Waals surface area contributed by atoms with Crippen LogP contribution in [-0.2, 0) is 29.2 Å². The fourth-order valence-corrected chi connectivity index (χ4v) is 6.04. The third kappa shape index (κ3) is 9.91. The maximum atomic E-state index is 13.6. The number of hydrogen-bond donors (Lipinski definition) is 3. The minimum absolute atomic E-state index is 0.0759. The number of benzene rings is 4. The van der Waals surface area contributed by atoms with E-state index in [4.69, 9.17) is 13.9 Å². The highest BCUT2D eigenvalue weighted by atomic mass is 16.5. The summed E-state index contributed by atoms with van der Waals surface area (Å²) in [5, 5.41) is 18.9. The molecule has 1 aromatic heterocycles. The highest BCUT2D eigenvalue weighted by Gasteiger charge is 2.28. The van der Waals surface area contributed by atoms with E-state index in [9.17, 15) is 14.9 Å². The Bertz CT molecular complexity index is 2040. The molecule has 2 heterocycles. The van der Waals surface area contributed by atoms with Crippen LogP contribution in [0.15, 0.2) is 113 Å². The number of guanidine groups is 1. The summed E-state index contributed by atoms with van der Waals surface area (Å²) in [5.74, 6) is 1.72. The van der Waals surface area contributed by atoms with E-state index < -0.39 is 6.04 Å². The molecule has 11 heteroatoms. The second kappa shape index (κ2) is 17.6. The van der Waals surface area contributed by atoms with Gasteiger partial charge in [0.25, 0.3) is 0 Å². The van der Waals surface area contributed by atoms with Gasteiger partial charge in [0.05, 0.1) is 6.54 Å². The van der Waals surface area contributed by atoms with Crippen LogP contribution in [0.1, 0.15) is 41.7 Å². The van der Waals surface area contributed by atoms with E-state index in [2.05, 4.69) is 20.9 Å². The van der Waals surface area contributed by atoms with Gasteiger partial charge in [0.2, 0.25) is 17.8 Å². The summed E-state index contributed by atoms with van der Waals surface area (Å²) in [6, 6.07) is 32.4. The van der Waals surface area contributed by atoms with Gasteiger partial charge in [-0.3, -0.25) is 14.9 Å². The van der Waals surface area contributed by atoms with Gasteiger partial charge in [0.1, 0.15) is 30.6 Å². The molecule has 0 saturated carbocycles. The predicted molar refractivity (Wildman–Crippen MR) is 200 cm³/mol. The first kappa shape index (κ1) is 35.5. The lowest BCUT2D eigenvalue weighted by molar-refractivity contribution is -0.136. The quantitative estimate of drug-likeness (QED) is 0.0550. The lowest BCUT2D eigenvalue weighted by Gasteiger charge is -2.22. The number of amides is 2. The van der Waals surface area contributed by atoms with Crippen molar-refractivity contribution in [3.05, 3.63) is 126 Å². The smallest absolute Gasteiger partial charge is 0.247 e. The second-order valence-electron chi connectivity index (χ2n) is 12.7. The number of anilines is 1. The molecule has 1 fully saturated rings. The maximum absolute atomic E-state index is 13.6. The summed E-state index contributed by atoms with van der Waals surface area (Å²) in [7, 11) is 0. The van der Waals surface area contributed by atoms with Gasteiger partial charge in [0.15, 0.2) is 17.7 Å². The number of nitrogens with zero attached hydrogens (tertiary/aromatic N) is 3. The standard InChI is InChI=1S/C41H42N6O5/c1-29-22-33-24-34(16-18-36(33)52-29)45-41(44-28-42)46-35-14-8-9-21-47(40(35)49)25-39(48)43-20-19-30-15-17-37(50-26-31-10-4-2-5-11-31)38(23-30)51-27-32-12-6-3-7-13-32/h2-7,10-13,15-18,22-24,35H,8-9,14,19-21,25-27H2,1H3,(H,43,48)(H2,44,45,46). The van der Waals surface area contributed by atoms with Crippen LogP contribution in [0, 0.1) is 18.4 Å². The lowest BCUT2D eigenvalue weighted by Crippen LogP contribution is -2.44. The number of likely N-dealkylation sites (tertiary alicyclic amines) is 1. The van der Waals surface area contributed by atoms with Crippen molar-refractivity contribution < 1.29 is 23.5 Å². The molecular formula is C41H42N6O5. The van der Waals surface area contributed by atoms with Crippen molar-refractivity contribution in [2.45, 2.75) is 51.9 Å². The number of hydrogen-bond acceptors (Lipinski definition) is 7. The molecule has 1 atom stereocenters. The van der Waals surface area contributed by atoms with E-state index in [0.29, 0.717) is 56.3 Å². The summed E-state index contributed by atoms with van der Waals surface area (Å²) in [4.78, 5) is 32.8. The number of furan rings is 1. The predicted octanol–water partition coefficient (Wildman–Crippen LogP) is 6.48. The molecule has 0 aliphatic carbocycles. The van der Waals surface area contributed by atoms with E-state index >= 15 is 0 Å². The van der Waals surface area contributed by atoms with E-state index in [1.165, 1.54) is 0 Å². The first-order chi connectivity index (χ1) is 25.4. The van der Waals surface area contributed by atoms with E-state index in [0.717, 1.165) is 46.3 Å². The third-order valence-electron chi connectivity index (χ3n) is 8.67. The Morgan fingerprint density at radius 3 is 2.37 bits per heavy atom. The average molecular weight is 699 g/mol. The molecule has 266 valence electrons. The van der Waals surface area contributed by atoms with Crippen LogP contribution in [0.3, 0.4) is 0 Å². The molecule has 0 radical (unpaired) electrons. The van der Waals surface area contributed by atoms with Crippen molar-refractivity contribution in [1.82, 2.24) is 15.5 Å². The first-order valence-corrected chi connectivity index (χ1v) is 17.5. The summed E-state index contributed by atoms with van der Waals surface area (Å²) < 4.78 is 18.0. The summed E-state index contributed by atoms with van der Waals surface area (Å²) in [5.41, 5.74) is 4.52. The molecule has 4 aromatic carbocycles. The number of carbonyl (C=O) groups is 2. The number of aryl methyl sites for hydroxylation is 1. The Morgan fingerprint density at radius 2 is 1.63 bits per heavy atom. The zero-order chi connectivity index (χ0) is 36.1. The molecule has 0 spiro atoms. The summed E-state index contributed by atoms with van der Waals surface area (Å²) >= 11 is 0. The van der Waals surface area contributed by atoms with Crippen LogP contribution >= 0.6 is 0 Å². The lowest BCUT2D eigenvalue weighted by atomic mass is 10.1. The van der Waals surface area contributed by atoms with Crippen molar-refractivity contribution in [2.24, 2.45) is 4.99 Å². The fourth-order valence-electron chi connectivity index (χ4n) is 6.04. The van der Waals surface area contributed by atoms with Crippen molar-refractivity contribution in [2.75, 3.05) is 25.0 Å². The van der Waals surface area contributed by atoms with Crippen LogP contribution in [-0.4, -0.2) is 48.3 Å². The largest absolute Gasteiger partial charge is 0.485 e. The number of nitriles is 1. The molecule has 1 unspecified atom stereocenters. The molecule has 11 nitrogen and oxygen atoms in total.